The number of carbonyl (C=O) groups excluding carboxylic acids is 1. The lowest BCUT2D eigenvalue weighted by Gasteiger charge is -2.32. The maximum absolute atomic E-state index is 12.2. The van der Waals surface area contributed by atoms with E-state index in [2.05, 4.69) is 43.1 Å². The zero-order valence-corrected chi connectivity index (χ0v) is 14.5. The zero-order valence-electron chi connectivity index (χ0n) is 14.5. The van der Waals surface area contributed by atoms with Crippen LogP contribution in [0, 0.1) is 6.92 Å². The van der Waals surface area contributed by atoms with Gasteiger partial charge >= 0.3 is 0 Å². The lowest BCUT2D eigenvalue weighted by molar-refractivity contribution is -0.132. The summed E-state index contributed by atoms with van der Waals surface area (Å²) in [5, 5.41) is 0. The van der Waals surface area contributed by atoms with Crippen LogP contribution in [0.25, 0.3) is 11.4 Å². The molecule has 1 aromatic carbocycles. The van der Waals surface area contributed by atoms with Crippen LogP contribution in [0.5, 0.6) is 0 Å². The van der Waals surface area contributed by atoms with Crippen molar-refractivity contribution in [2.45, 2.75) is 45.4 Å². The Kier molecular flexibility index (Phi) is 5.24. The van der Waals surface area contributed by atoms with Crippen LogP contribution in [-0.2, 0) is 4.79 Å². The Morgan fingerprint density at radius 1 is 1.25 bits per heavy atom. The van der Waals surface area contributed by atoms with Gasteiger partial charge in [-0.15, -0.1) is 0 Å². The minimum Gasteiger partial charge on any atom is -0.342 e. The maximum Gasteiger partial charge on any atom is 0.222 e. The molecule has 1 fully saturated rings. The first-order chi connectivity index (χ1) is 11.7. The standard InChI is InChI=1S/C20H25N3O/c1-3-5-19(24)23-13-4-6-17(14-23)18-11-12-21-20(22-18)16-9-7-15(2)8-10-16/h7-12,17H,3-6,13-14H2,1-2H3/t17-/m1/s1. The smallest absolute Gasteiger partial charge is 0.222 e. The average molecular weight is 323 g/mol. The highest BCUT2D eigenvalue weighted by atomic mass is 16.2. The Labute approximate surface area is 143 Å². The van der Waals surface area contributed by atoms with E-state index in [-0.39, 0.29) is 5.91 Å². The summed E-state index contributed by atoms with van der Waals surface area (Å²) in [5.74, 6) is 1.35. The van der Waals surface area contributed by atoms with E-state index in [1.807, 2.05) is 17.2 Å². The third-order valence-electron chi connectivity index (χ3n) is 4.64. The molecule has 3 rings (SSSR count). The second kappa shape index (κ2) is 7.56. The van der Waals surface area contributed by atoms with Crippen molar-refractivity contribution in [2.75, 3.05) is 13.1 Å². The third-order valence-corrected chi connectivity index (χ3v) is 4.64. The number of likely N-dealkylation sites (tertiary alicyclic amines) is 1. The van der Waals surface area contributed by atoms with Gasteiger partial charge in [0.25, 0.3) is 0 Å². The number of carbonyl (C=O) groups is 1. The molecule has 2 aromatic rings. The van der Waals surface area contributed by atoms with Gasteiger partial charge in [-0.3, -0.25) is 4.79 Å². The van der Waals surface area contributed by atoms with Crippen molar-refractivity contribution in [3.8, 4) is 11.4 Å². The minimum atomic E-state index is 0.273. The molecule has 1 saturated heterocycles. The zero-order chi connectivity index (χ0) is 16.9. The second-order valence-electron chi connectivity index (χ2n) is 6.60. The van der Waals surface area contributed by atoms with Gasteiger partial charge < -0.3 is 4.90 Å². The van der Waals surface area contributed by atoms with Gasteiger partial charge in [0.1, 0.15) is 0 Å². The summed E-state index contributed by atoms with van der Waals surface area (Å²) < 4.78 is 0. The van der Waals surface area contributed by atoms with Crippen LogP contribution in [0.1, 0.15) is 49.8 Å². The maximum atomic E-state index is 12.2. The molecule has 1 amide bonds. The van der Waals surface area contributed by atoms with Crippen LogP contribution in [0.15, 0.2) is 36.5 Å². The Morgan fingerprint density at radius 3 is 2.79 bits per heavy atom. The molecule has 24 heavy (non-hydrogen) atoms. The molecule has 0 N–H and O–H groups in total. The van der Waals surface area contributed by atoms with Crippen LogP contribution in [0.2, 0.25) is 0 Å². The van der Waals surface area contributed by atoms with Crippen molar-refractivity contribution >= 4 is 5.91 Å². The van der Waals surface area contributed by atoms with E-state index in [9.17, 15) is 4.79 Å². The lowest BCUT2D eigenvalue weighted by Crippen LogP contribution is -2.39. The second-order valence-corrected chi connectivity index (χ2v) is 6.60. The van der Waals surface area contributed by atoms with Crippen molar-refractivity contribution in [1.29, 1.82) is 0 Å². The van der Waals surface area contributed by atoms with Crippen molar-refractivity contribution in [3.05, 3.63) is 47.8 Å². The fourth-order valence-electron chi connectivity index (χ4n) is 3.26. The van der Waals surface area contributed by atoms with E-state index in [0.29, 0.717) is 12.3 Å². The van der Waals surface area contributed by atoms with Crippen LogP contribution in [0.4, 0.5) is 0 Å². The summed E-state index contributed by atoms with van der Waals surface area (Å²) in [4.78, 5) is 23.4. The van der Waals surface area contributed by atoms with Gasteiger partial charge in [-0.25, -0.2) is 9.97 Å². The molecule has 0 bridgehead atoms. The summed E-state index contributed by atoms with van der Waals surface area (Å²) in [5.41, 5.74) is 3.32. The molecule has 0 radical (unpaired) electrons. The minimum absolute atomic E-state index is 0.273. The van der Waals surface area contributed by atoms with E-state index in [0.717, 1.165) is 49.4 Å². The fourth-order valence-corrected chi connectivity index (χ4v) is 3.26. The summed E-state index contributed by atoms with van der Waals surface area (Å²) in [7, 11) is 0. The quantitative estimate of drug-likeness (QED) is 0.855. The Bertz CT molecular complexity index is 696. The molecule has 2 heterocycles. The number of piperidine rings is 1. The summed E-state index contributed by atoms with van der Waals surface area (Å²) >= 11 is 0. The van der Waals surface area contributed by atoms with Gasteiger partial charge in [0.2, 0.25) is 5.91 Å². The van der Waals surface area contributed by atoms with Crippen LogP contribution in [-0.4, -0.2) is 33.9 Å². The first-order valence-corrected chi connectivity index (χ1v) is 8.85. The molecule has 0 aliphatic carbocycles. The van der Waals surface area contributed by atoms with E-state index in [1.54, 1.807) is 0 Å². The average Bonchev–Trinajstić information content (AvgIpc) is 2.63. The molecule has 1 aliphatic heterocycles. The highest BCUT2D eigenvalue weighted by Gasteiger charge is 2.25. The van der Waals surface area contributed by atoms with Gasteiger partial charge in [-0.2, -0.15) is 0 Å². The van der Waals surface area contributed by atoms with Gasteiger partial charge in [-0.05, 0) is 32.3 Å². The number of amides is 1. The molecule has 1 atom stereocenters. The molecular formula is C20H25N3O. The molecule has 4 heteroatoms. The monoisotopic (exact) mass is 323 g/mol. The van der Waals surface area contributed by atoms with E-state index in [4.69, 9.17) is 4.98 Å². The number of hydrogen-bond donors (Lipinski definition) is 0. The number of nitrogens with zero attached hydrogens (tertiary/aromatic N) is 3. The van der Waals surface area contributed by atoms with E-state index >= 15 is 0 Å². The molecule has 1 aromatic heterocycles. The van der Waals surface area contributed by atoms with Crippen molar-refractivity contribution in [2.24, 2.45) is 0 Å². The van der Waals surface area contributed by atoms with Crippen LogP contribution >= 0.6 is 0 Å². The predicted octanol–water partition coefficient (Wildman–Crippen LogP) is 3.96. The fraction of sp³-hybridized carbons (Fsp3) is 0.450. The van der Waals surface area contributed by atoms with Gasteiger partial charge in [-0.1, -0.05) is 36.8 Å². The van der Waals surface area contributed by atoms with Gasteiger partial charge in [0.05, 0.1) is 0 Å². The topological polar surface area (TPSA) is 46.1 Å². The Hall–Kier alpha value is -2.23. The van der Waals surface area contributed by atoms with E-state index < -0.39 is 0 Å². The van der Waals surface area contributed by atoms with Crippen molar-refractivity contribution < 1.29 is 4.79 Å². The molecule has 4 nitrogen and oxygen atoms in total. The summed E-state index contributed by atoms with van der Waals surface area (Å²) in [6.07, 6.45) is 5.52. The van der Waals surface area contributed by atoms with Crippen molar-refractivity contribution in [1.82, 2.24) is 14.9 Å². The highest BCUT2D eigenvalue weighted by Crippen LogP contribution is 2.27. The van der Waals surface area contributed by atoms with Crippen molar-refractivity contribution in [3.63, 3.8) is 0 Å². The summed E-state index contributed by atoms with van der Waals surface area (Å²) in [6, 6.07) is 10.3. The first-order valence-electron chi connectivity index (χ1n) is 8.85. The molecule has 0 unspecified atom stereocenters. The third kappa shape index (κ3) is 3.81. The summed E-state index contributed by atoms with van der Waals surface area (Å²) in [6.45, 7) is 5.79. The normalized spacial score (nSPS) is 17.8. The molecule has 126 valence electrons. The molecule has 0 spiro atoms. The van der Waals surface area contributed by atoms with E-state index in [1.165, 1.54) is 5.56 Å². The molecular weight excluding hydrogens is 298 g/mol. The lowest BCUT2D eigenvalue weighted by atomic mass is 9.94. The number of aryl methyl sites for hydroxylation is 1. The van der Waals surface area contributed by atoms with Gasteiger partial charge in [0.15, 0.2) is 5.82 Å². The predicted molar refractivity (Wildman–Crippen MR) is 95.7 cm³/mol. The molecule has 1 aliphatic rings. The molecule has 0 saturated carbocycles. The van der Waals surface area contributed by atoms with Gasteiger partial charge in [0, 0.05) is 42.9 Å². The number of hydrogen-bond acceptors (Lipinski definition) is 3. The number of benzene rings is 1. The highest BCUT2D eigenvalue weighted by molar-refractivity contribution is 5.76. The van der Waals surface area contributed by atoms with Crippen LogP contribution < -0.4 is 0 Å². The Morgan fingerprint density at radius 2 is 2.04 bits per heavy atom. The number of rotatable bonds is 4. The number of aromatic nitrogens is 2. The Balaban J connectivity index is 1.78. The largest absolute Gasteiger partial charge is 0.342 e. The SMILES string of the molecule is CCCC(=O)N1CCC[C@@H](c2ccnc(-c3ccc(C)cc3)n2)C1. The van der Waals surface area contributed by atoms with Crippen LogP contribution in [0.3, 0.4) is 0 Å². The first kappa shape index (κ1) is 16.6.